The molecular formula is C13H16N4O. The lowest BCUT2D eigenvalue weighted by atomic mass is 10.0. The number of hydrogen-bond acceptors (Lipinski definition) is 4. The summed E-state index contributed by atoms with van der Waals surface area (Å²) in [6.07, 6.45) is 3.90. The van der Waals surface area contributed by atoms with Gasteiger partial charge >= 0.3 is 0 Å². The van der Waals surface area contributed by atoms with Gasteiger partial charge in [-0.3, -0.25) is 14.7 Å². The van der Waals surface area contributed by atoms with E-state index in [2.05, 4.69) is 29.1 Å². The van der Waals surface area contributed by atoms with Gasteiger partial charge in [0.1, 0.15) is 0 Å². The van der Waals surface area contributed by atoms with E-state index >= 15 is 0 Å². The molecule has 2 aliphatic rings. The molecule has 3 rings (SSSR count). The van der Waals surface area contributed by atoms with E-state index in [-0.39, 0.29) is 17.5 Å². The molecule has 1 aromatic heterocycles. The van der Waals surface area contributed by atoms with E-state index in [1.807, 2.05) is 12.1 Å². The first-order chi connectivity index (χ1) is 8.55. The first-order valence-corrected chi connectivity index (χ1v) is 6.11. The zero-order valence-corrected chi connectivity index (χ0v) is 10.6. The van der Waals surface area contributed by atoms with Crippen LogP contribution in [0, 0.1) is 0 Å². The average molecular weight is 244 g/mol. The molecule has 0 aliphatic carbocycles. The number of nitrogens with one attached hydrogen (secondary N) is 1. The lowest BCUT2D eigenvalue weighted by Gasteiger charge is -2.25. The predicted octanol–water partition coefficient (Wildman–Crippen LogP) is 1.09. The molecule has 1 N–H and O–H groups in total. The number of carbonyl (C=O) groups excluding carboxylic acids is 1. The smallest absolute Gasteiger partial charge is 0.231 e. The van der Waals surface area contributed by atoms with E-state index in [1.165, 1.54) is 0 Å². The molecule has 1 aromatic rings. The van der Waals surface area contributed by atoms with Crippen LogP contribution in [0.5, 0.6) is 0 Å². The molecule has 18 heavy (non-hydrogen) atoms. The highest BCUT2D eigenvalue weighted by Gasteiger charge is 2.40. The Morgan fingerprint density at radius 3 is 2.83 bits per heavy atom. The highest BCUT2D eigenvalue weighted by molar-refractivity contribution is 6.01. The Morgan fingerprint density at radius 2 is 2.11 bits per heavy atom. The maximum absolute atomic E-state index is 12.1. The van der Waals surface area contributed by atoms with Gasteiger partial charge in [-0.1, -0.05) is 0 Å². The van der Waals surface area contributed by atoms with Crippen molar-refractivity contribution in [3.05, 3.63) is 30.1 Å². The summed E-state index contributed by atoms with van der Waals surface area (Å²) in [5, 5.41) is 3.30. The Balaban J connectivity index is 1.93. The molecule has 5 heteroatoms. The van der Waals surface area contributed by atoms with Crippen molar-refractivity contribution in [1.82, 2.24) is 15.2 Å². The highest BCUT2D eigenvalue weighted by Crippen LogP contribution is 2.29. The van der Waals surface area contributed by atoms with Crippen LogP contribution >= 0.6 is 0 Å². The maximum Gasteiger partial charge on any atom is 0.231 e. The molecule has 1 amide bonds. The Labute approximate surface area is 106 Å². The van der Waals surface area contributed by atoms with Crippen LogP contribution in [-0.4, -0.2) is 33.8 Å². The van der Waals surface area contributed by atoms with E-state index in [0.29, 0.717) is 18.9 Å². The quantitative estimate of drug-likeness (QED) is 0.804. The molecule has 1 fully saturated rings. The topological polar surface area (TPSA) is 57.6 Å². The molecule has 0 spiro atoms. The predicted molar refractivity (Wildman–Crippen MR) is 68.0 cm³/mol. The number of fused-ring (bicyclic) bond motifs is 1. The van der Waals surface area contributed by atoms with Crippen LogP contribution in [0.15, 0.2) is 29.5 Å². The zero-order valence-electron chi connectivity index (χ0n) is 10.6. The van der Waals surface area contributed by atoms with Gasteiger partial charge in [0.25, 0.3) is 0 Å². The molecule has 1 atom stereocenters. The summed E-state index contributed by atoms with van der Waals surface area (Å²) in [6, 6.07) is 3.74. The van der Waals surface area contributed by atoms with Crippen molar-refractivity contribution in [2.45, 2.75) is 31.8 Å². The van der Waals surface area contributed by atoms with Crippen molar-refractivity contribution >= 4 is 11.9 Å². The number of hydrogen-bond donors (Lipinski definition) is 1. The SMILES string of the molecule is CC1(C)CN2C(=O)CC(c3ccncc3)N=C2N1. The Bertz CT molecular complexity index is 509. The second-order valence-electron chi connectivity index (χ2n) is 5.44. The number of nitrogens with zero attached hydrogens (tertiary/aromatic N) is 3. The molecule has 0 aromatic carbocycles. The van der Waals surface area contributed by atoms with Gasteiger partial charge in [0, 0.05) is 12.4 Å². The van der Waals surface area contributed by atoms with E-state index in [0.717, 1.165) is 5.56 Å². The van der Waals surface area contributed by atoms with Crippen LogP contribution in [0.25, 0.3) is 0 Å². The average Bonchev–Trinajstić information content (AvgIpc) is 2.65. The van der Waals surface area contributed by atoms with Crippen LogP contribution in [0.4, 0.5) is 0 Å². The molecule has 3 heterocycles. The summed E-state index contributed by atoms with van der Waals surface area (Å²) < 4.78 is 0. The first-order valence-electron chi connectivity index (χ1n) is 6.11. The number of guanidine groups is 1. The standard InChI is InChI=1S/C13H16N4O/c1-13(2)8-17-11(18)7-10(15-12(17)16-13)9-3-5-14-6-4-9/h3-6,10H,7-8H2,1-2H3,(H,15,16). The number of aromatic nitrogens is 1. The van der Waals surface area contributed by atoms with E-state index in [1.54, 1.807) is 17.3 Å². The molecular weight excluding hydrogens is 228 g/mol. The minimum absolute atomic E-state index is 0.0897. The normalized spacial score (nSPS) is 25.4. The van der Waals surface area contributed by atoms with Gasteiger partial charge in [-0.25, -0.2) is 4.99 Å². The molecule has 94 valence electrons. The van der Waals surface area contributed by atoms with Gasteiger partial charge in [0.05, 0.1) is 24.5 Å². The lowest BCUT2D eigenvalue weighted by molar-refractivity contribution is -0.128. The van der Waals surface area contributed by atoms with Crippen LogP contribution in [0.1, 0.15) is 31.9 Å². The third kappa shape index (κ3) is 1.85. The first kappa shape index (κ1) is 11.2. The van der Waals surface area contributed by atoms with Crippen molar-refractivity contribution in [3.63, 3.8) is 0 Å². The van der Waals surface area contributed by atoms with Gasteiger partial charge in [0.15, 0.2) is 0 Å². The third-order valence-corrected chi connectivity index (χ3v) is 3.30. The molecule has 0 radical (unpaired) electrons. The fourth-order valence-corrected chi connectivity index (χ4v) is 2.43. The minimum Gasteiger partial charge on any atom is -0.349 e. The van der Waals surface area contributed by atoms with Crippen molar-refractivity contribution in [2.75, 3.05) is 6.54 Å². The fourth-order valence-electron chi connectivity index (χ4n) is 2.43. The number of amides is 1. The van der Waals surface area contributed by atoms with Gasteiger partial charge in [-0.05, 0) is 31.5 Å². The molecule has 5 nitrogen and oxygen atoms in total. The molecule has 1 saturated heterocycles. The molecule has 1 unspecified atom stereocenters. The molecule has 2 aliphatic heterocycles. The van der Waals surface area contributed by atoms with E-state index in [4.69, 9.17) is 0 Å². The van der Waals surface area contributed by atoms with Crippen LogP contribution in [0.3, 0.4) is 0 Å². The maximum atomic E-state index is 12.1. The number of rotatable bonds is 1. The Morgan fingerprint density at radius 1 is 1.39 bits per heavy atom. The third-order valence-electron chi connectivity index (χ3n) is 3.30. The van der Waals surface area contributed by atoms with Crippen LogP contribution < -0.4 is 5.32 Å². The second-order valence-corrected chi connectivity index (χ2v) is 5.44. The fraction of sp³-hybridized carbons (Fsp3) is 0.462. The summed E-state index contributed by atoms with van der Waals surface area (Å²) in [5.74, 6) is 0.845. The van der Waals surface area contributed by atoms with Gasteiger partial charge < -0.3 is 5.32 Å². The minimum atomic E-state index is -0.0956. The summed E-state index contributed by atoms with van der Waals surface area (Å²) >= 11 is 0. The monoisotopic (exact) mass is 244 g/mol. The Kier molecular flexibility index (Phi) is 2.36. The second kappa shape index (κ2) is 3.80. The highest BCUT2D eigenvalue weighted by atomic mass is 16.2. The summed E-state index contributed by atoms with van der Waals surface area (Å²) in [5.41, 5.74) is 0.943. The van der Waals surface area contributed by atoms with Gasteiger partial charge in [-0.15, -0.1) is 0 Å². The van der Waals surface area contributed by atoms with E-state index in [9.17, 15) is 4.79 Å². The molecule has 0 saturated carbocycles. The van der Waals surface area contributed by atoms with Crippen molar-refractivity contribution in [2.24, 2.45) is 4.99 Å². The van der Waals surface area contributed by atoms with Crippen LogP contribution in [-0.2, 0) is 4.79 Å². The molecule has 0 bridgehead atoms. The number of pyridine rings is 1. The van der Waals surface area contributed by atoms with Gasteiger partial charge in [0.2, 0.25) is 11.9 Å². The number of carbonyl (C=O) groups is 1. The summed E-state index contributed by atoms with van der Waals surface area (Å²) in [7, 11) is 0. The lowest BCUT2D eigenvalue weighted by Crippen LogP contribution is -2.40. The van der Waals surface area contributed by atoms with Crippen molar-refractivity contribution in [3.8, 4) is 0 Å². The zero-order chi connectivity index (χ0) is 12.8. The summed E-state index contributed by atoms with van der Waals surface area (Å²) in [4.78, 5) is 22.5. The number of aliphatic imine (C=N–C) groups is 1. The Hall–Kier alpha value is -1.91. The van der Waals surface area contributed by atoms with E-state index < -0.39 is 0 Å². The van der Waals surface area contributed by atoms with Crippen LogP contribution in [0.2, 0.25) is 0 Å². The van der Waals surface area contributed by atoms with Crippen molar-refractivity contribution in [1.29, 1.82) is 0 Å². The summed E-state index contributed by atoms with van der Waals surface area (Å²) in [6.45, 7) is 4.83. The van der Waals surface area contributed by atoms with Gasteiger partial charge in [-0.2, -0.15) is 0 Å². The van der Waals surface area contributed by atoms with Crippen molar-refractivity contribution < 1.29 is 4.79 Å². The largest absolute Gasteiger partial charge is 0.349 e.